The molecule has 0 amide bonds. The lowest BCUT2D eigenvalue weighted by atomic mass is 10.0. The molecule has 1 aliphatic carbocycles. The van der Waals surface area contributed by atoms with Crippen LogP contribution in [-0.4, -0.2) is 16.2 Å². The van der Waals surface area contributed by atoms with E-state index in [1.165, 1.54) is 0 Å². The summed E-state index contributed by atoms with van der Waals surface area (Å²) in [5.74, 6) is 0.225. The molecule has 0 radical (unpaired) electrons. The van der Waals surface area contributed by atoms with Crippen molar-refractivity contribution in [3.05, 3.63) is 40.5 Å². The summed E-state index contributed by atoms with van der Waals surface area (Å²) >= 11 is 3.46. The Labute approximate surface area is 109 Å². The first-order valence-corrected chi connectivity index (χ1v) is 6.77. The lowest BCUT2D eigenvalue weighted by molar-refractivity contribution is 0.162. The SMILES string of the molecule is OC1CCCC1c1ccc2cc(Br)ccc2n1. The average Bonchev–Trinajstić information content (AvgIpc) is 2.75. The van der Waals surface area contributed by atoms with Gasteiger partial charge in [0.25, 0.3) is 0 Å². The van der Waals surface area contributed by atoms with Crippen molar-refractivity contribution in [3.63, 3.8) is 0 Å². The zero-order valence-corrected chi connectivity index (χ0v) is 11.0. The molecule has 0 spiro atoms. The van der Waals surface area contributed by atoms with E-state index < -0.39 is 0 Å². The van der Waals surface area contributed by atoms with Gasteiger partial charge >= 0.3 is 0 Å². The van der Waals surface area contributed by atoms with E-state index in [1.54, 1.807) is 0 Å². The third-order valence-corrected chi connectivity index (χ3v) is 4.03. The quantitative estimate of drug-likeness (QED) is 0.870. The molecule has 1 fully saturated rings. The van der Waals surface area contributed by atoms with Crippen molar-refractivity contribution < 1.29 is 5.11 Å². The van der Waals surface area contributed by atoms with Crippen LogP contribution < -0.4 is 0 Å². The maximum absolute atomic E-state index is 9.91. The minimum absolute atomic E-state index is 0.213. The summed E-state index contributed by atoms with van der Waals surface area (Å²) in [6.07, 6.45) is 2.85. The Morgan fingerprint density at radius 2 is 2.06 bits per heavy atom. The highest BCUT2D eigenvalue weighted by Crippen LogP contribution is 2.34. The molecule has 0 aliphatic heterocycles. The molecule has 1 heterocycles. The fourth-order valence-electron chi connectivity index (χ4n) is 2.60. The summed E-state index contributed by atoms with van der Waals surface area (Å²) in [4.78, 5) is 4.67. The molecule has 17 heavy (non-hydrogen) atoms. The minimum Gasteiger partial charge on any atom is -0.392 e. The Morgan fingerprint density at radius 1 is 1.18 bits per heavy atom. The van der Waals surface area contributed by atoms with Crippen molar-refractivity contribution in [1.82, 2.24) is 4.98 Å². The number of aromatic nitrogens is 1. The van der Waals surface area contributed by atoms with Crippen molar-refractivity contribution >= 4 is 26.8 Å². The van der Waals surface area contributed by atoms with Gasteiger partial charge in [0.15, 0.2) is 0 Å². The van der Waals surface area contributed by atoms with E-state index in [9.17, 15) is 5.11 Å². The molecule has 88 valence electrons. The highest BCUT2D eigenvalue weighted by atomic mass is 79.9. The van der Waals surface area contributed by atoms with Crippen molar-refractivity contribution in [1.29, 1.82) is 0 Å². The number of nitrogens with zero attached hydrogens (tertiary/aromatic N) is 1. The van der Waals surface area contributed by atoms with E-state index in [0.717, 1.165) is 40.3 Å². The highest BCUT2D eigenvalue weighted by molar-refractivity contribution is 9.10. The lowest BCUT2D eigenvalue weighted by Gasteiger charge is -2.14. The first-order valence-electron chi connectivity index (χ1n) is 5.98. The normalized spacial score (nSPS) is 24.4. The van der Waals surface area contributed by atoms with Crippen molar-refractivity contribution in [2.75, 3.05) is 0 Å². The number of aliphatic hydroxyl groups is 1. The Balaban J connectivity index is 2.04. The van der Waals surface area contributed by atoms with Crippen LogP contribution in [-0.2, 0) is 0 Å². The molecule has 1 aromatic carbocycles. The molecule has 0 bridgehead atoms. The lowest BCUT2D eigenvalue weighted by Crippen LogP contribution is -2.12. The molecule has 1 saturated carbocycles. The molecule has 0 saturated heterocycles. The van der Waals surface area contributed by atoms with Crippen molar-refractivity contribution in [3.8, 4) is 0 Å². The first-order chi connectivity index (χ1) is 8.24. The van der Waals surface area contributed by atoms with E-state index in [0.29, 0.717) is 0 Å². The summed E-state index contributed by atoms with van der Waals surface area (Å²) in [5.41, 5.74) is 2.04. The van der Waals surface area contributed by atoms with Crippen LogP contribution in [0.3, 0.4) is 0 Å². The zero-order chi connectivity index (χ0) is 11.8. The van der Waals surface area contributed by atoms with Crippen LogP contribution in [0.1, 0.15) is 30.9 Å². The number of rotatable bonds is 1. The molecule has 1 N–H and O–H groups in total. The maximum Gasteiger partial charge on any atom is 0.0706 e. The van der Waals surface area contributed by atoms with Gasteiger partial charge in [0.2, 0.25) is 0 Å². The molecular formula is C14H14BrNO. The predicted octanol–water partition coefficient (Wildman–Crippen LogP) is 3.63. The van der Waals surface area contributed by atoms with Gasteiger partial charge in [0, 0.05) is 21.5 Å². The highest BCUT2D eigenvalue weighted by Gasteiger charge is 2.27. The van der Waals surface area contributed by atoms with Crippen molar-refractivity contribution in [2.24, 2.45) is 0 Å². The van der Waals surface area contributed by atoms with Gasteiger partial charge in [0.05, 0.1) is 11.6 Å². The van der Waals surface area contributed by atoms with Crippen LogP contribution in [0.5, 0.6) is 0 Å². The van der Waals surface area contributed by atoms with Gasteiger partial charge in [-0.1, -0.05) is 28.4 Å². The monoisotopic (exact) mass is 291 g/mol. The zero-order valence-electron chi connectivity index (χ0n) is 9.44. The number of pyridine rings is 1. The van der Waals surface area contributed by atoms with Gasteiger partial charge in [0.1, 0.15) is 0 Å². The fourth-order valence-corrected chi connectivity index (χ4v) is 2.98. The minimum atomic E-state index is -0.213. The summed E-state index contributed by atoms with van der Waals surface area (Å²) in [6.45, 7) is 0. The molecule has 2 atom stereocenters. The van der Waals surface area contributed by atoms with E-state index in [4.69, 9.17) is 0 Å². The molecule has 2 unspecified atom stereocenters. The second-order valence-electron chi connectivity index (χ2n) is 4.68. The van der Waals surface area contributed by atoms with Crippen molar-refractivity contribution in [2.45, 2.75) is 31.3 Å². The molecule has 3 rings (SSSR count). The fraction of sp³-hybridized carbons (Fsp3) is 0.357. The largest absolute Gasteiger partial charge is 0.392 e. The van der Waals surface area contributed by atoms with Crippen LogP contribution >= 0.6 is 15.9 Å². The Morgan fingerprint density at radius 3 is 2.82 bits per heavy atom. The van der Waals surface area contributed by atoms with Gasteiger partial charge in [-0.15, -0.1) is 0 Å². The van der Waals surface area contributed by atoms with E-state index in [2.05, 4.69) is 33.0 Å². The van der Waals surface area contributed by atoms with Crippen LogP contribution in [0.2, 0.25) is 0 Å². The second-order valence-corrected chi connectivity index (χ2v) is 5.59. The molecular weight excluding hydrogens is 278 g/mol. The first kappa shape index (κ1) is 11.2. The number of aliphatic hydroxyl groups excluding tert-OH is 1. The molecule has 1 aliphatic rings. The summed E-state index contributed by atoms with van der Waals surface area (Å²) in [7, 11) is 0. The second kappa shape index (κ2) is 4.39. The molecule has 1 aromatic heterocycles. The summed E-state index contributed by atoms with van der Waals surface area (Å²) in [5, 5.41) is 11.0. The predicted molar refractivity (Wildman–Crippen MR) is 72.0 cm³/mol. The van der Waals surface area contributed by atoms with Crippen LogP contribution in [0.25, 0.3) is 10.9 Å². The Kier molecular flexibility index (Phi) is 2.89. The maximum atomic E-state index is 9.91. The molecule has 2 nitrogen and oxygen atoms in total. The standard InChI is InChI=1S/C14H14BrNO/c15-10-5-7-12-9(8-10)4-6-13(16-12)11-2-1-3-14(11)17/h4-8,11,14,17H,1-3H2. The smallest absolute Gasteiger partial charge is 0.0706 e. The number of halogens is 1. The third-order valence-electron chi connectivity index (χ3n) is 3.53. The van der Waals surface area contributed by atoms with E-state index in [1.807, 2.05) is 18.2 Å². The van der Waals surface area contributed by atoms with Crippen LogP contribution in [0.15, 0.2) is 34.8 Å². The number of benzene rings is 1. The van der Waals surface area contributed by atoms with Crippen LogP contribution in [0, 0.1) is 0 Å². The number of hydrogen-bond donors (Lipinski definition) is 1. The van der Waals surface area contributed by atoms with E-state index >= 15 is 0 Å². The van der Waals surface area contributed by atoms with Crippen LogP contribution in [0.4, 0.5) is 0 Å². The molecule has 2 aromatic rings. The number of fused-ring (bicyclic) bond motifs is 1. The summed E-state index contributed by atoms with van der Waals surface area (Å²) < 4.78 is 1.07. The third kappa shape index (κ3) is 2.09. The Hall–Kier alpha value is -0.930. The topological polar surface area (TPSA) is 33.1 Å². The average molecular weight is 292 g/mol. The van der Waals surface area contributed by atoms with E-state index in [-0.39, 0.29) is 12.0 Å². The summed E-state index contributed by atoms with van der Waals surface area (Å²) in [6, 6.07) is 10.2. The van der Waals surface area contributed by atoms with Gasteiger partial charge < -0.3 is 5.11 Å². The Bertz CT molecular complexity index is 555. The van der Waals surface area contributed by atoms with Gasteiger partial charge in [-0.3, -0.25) is 4.98 Å². The van der Waals surface area contributed by atoms with Gasteiger partial charge in [-0.2, -0.15) is 0 Å². The van der Waals surface area contributed by atoms with Gasteiger partial charge in [-0.25, -0.2) is 0 Å². The number of hydrogen-bond acceptors (Lipinski definition) is 2. The van der Waals surface area contributed by atoms with Gasteiger partial charge in [-0.05, 0) is 37.1 Å². The molecule has 3 heteroatoms.